The highest BCUT2D eigenvalue weighted by molar-refractivity contribution is 6.18. The Bertz CT molecular complexity index is 1850. The second-order valence-electron chi connectivity index (χ2n) is 9.88. The van der Waals surface area contributed by atoms with Gasteiger partial charge in [-0.1, -0.05) is 24.3 Å². The summed E-state index contributed by atoms with van der Waals surface area (Å²) in [5.41, 5.74) is 4.10. The summed E-state index contributed by atoms with van der Waals surface area (Å²) in [7, 11) is 3.05. The number of pyridine rings is 1. The molecule has 10 nitrogen and oxygen atoms in total. The molecule has 5 aromatic rings. The minimum Gasteiger partial charge on any atom is -0.495 e. The number of amides is 2. The maximum atomic E-state index is 13.0. The molecule has 232 valence electrons. The first-order valence-corrected chi connectivity index (χ1v) is 15.1. The van der Waals surface area contributed by atoms with Gasteiger partial charge in [-0.2, -0.15) is 0 Å². The number of hydrogen-bond acceptors (Lipinski definition) is 7. The molecule has 0 aliphatic heterocycles. The van der Waals surface area contributed by atoms with Crippen molar-refractivity contribution in [3.05, 3.63) is 84.4 Å². The zero-order valence-corrected chi connectivity index (χ0v) is 26.1. The molecule has 0 unspecified atom stereocenters. The number of nitrogens with zero attached hydrogens (tertiary/aromatic N) is 2. The van der Waals surface area contributed by atoms with E-state index in [0.29, 0.717) is 75.5 Å². The molecule has 0 saturated heterocycles. The van der Waals surface area contributed by atoms with Crippen molar-refractivity contribution in [2.45, 2.75) is 0 Å². The summed E-state index contributed by atoms with van der Waals surface area (Å²) in [6, 6.07) is 22.7. The lowest BCUT2D eigenvalue weighted by Crippen LogP contribution is -2.27. The van der Waals surface area contributed by atoms with Crippen molar-refractivity contribution in [1.82, 2.24) is 4.98 Å². The standard InChI is InChI=1S/C33H31Cl2N5O5/c1-44-27-14-11-21(19-26(27)38-33(43)37-20-9-12-22(13-10-20)40(17-15-34)18-16-35)36-29-23-5-3-7-25(32(41)42)30(23)39-31-24(29)6-4-8-28(31)45-2/h3-14,19H,15-18H2,1-2H3,(H,36,39)(H,41,42)(H2,37,38,43). The molecule has 5 rings (SSSR count). The number of aromatic nitrogens is 1. The number of fused-ring (bicyclic) bond motifs is 2. The number of anilines is 5. The molecule has 1 aromatic heterocycles. The minimum absolute atomic E-state index is 0.0657. The molecule has 4 aromatic carbocycles. The van der Waals surface area contributed by atoms with E-state index < -0.39 is 12.0 Å². The Morgan fingerprint density at radius 2 is 1.44 bits per heavy atom. The van der Waals surface area contributed by atoms with Crippen LogP contribution in [0.25, 0.3) is 21.8 Å². The predicted molar refractivity (Wildman–Crippen MR) is 182 cm³/mol. The van der Waals surface area contributed by atoms with Gasteiger partial charge in [-0.25, -0.2) is 14.6 Å². The number of carboxylic acid groups (broad SMARTS) is 1. The Kier molecular flexibility index (Phi) is 9.96. The Balaban J connectivity index is 1.44. The highest BCUT2D eigenvalue weighted by atomic mass is 35.5. The molecule has 0 atom stereocenters. The molecule has 0 radical (unpaired) electrons. The molecule has 45 heavy (non-hydrogen) atoms. The number of rotatable bonds is 12. The van der Waals surface area contributed by atoms with E-state index in [9.17, 15) is 14.7 Å². The highest BCUT2D eigenvalue weighted by Crippen LogP contribution is 2.39. The van der Waals surface area contributed by atoms with Gasteiger partial charge in [0.25, 0.3) is 0 Å². The van der Waals surface area contributed by atoms with E-state index in [0.717, 1.165) is 11.1 Å². The Morgan fingerprint density at radius 3 is 2.09 bits per heavy atom. The van der Waals surface area contributed by atoms with Crippen LogP contribution in [0.3, 0.4) is 0 Å². The Morgan fingerprint density at radius 1 is 0.800 bits per heavy atom. The second-order valence-corrected chi connectivity index (χ2v) is 10.6. The summed E-state index contributed by atoms with van der Waals surface area (Å²) >= 11 is 11.9. The maximum absolute atomic E-state index is 13.0. The average molecular weight is 649 g/mol. The van der Waals surface area contributed by atoms with Crippen molar-refractivity contribution >= 4 is 85.4 Å². The van der Waals surface area contributed by atoms with E-state index in [4.69, 9.17) is 32.7 Å². The SMILES string of the molecule is COc1ccc(Nc2c3cccc(OC)c3nc3c(C(=O)O)cccc23)cc1NC(=O)Nc1ccc(N(CCCl)CCCl)cc1. The van der Waals surface area contributed by atoms with E-state index in [2.05, 4.69) is 25.8 Å². The first-order chi connectivity index (χ1) is 21.9. The van der Waals surface area contributed by atoms with Gasteiger partial charge in [-0.15, -0.1) is 23.2 Å². The lowest BCUT2D eigenvalue weighted by Gasteiger charge is -2.23. The number of nitrogens with one attached hydrogen (secondary N) is 3. The van der Waals surface area contributed by atoms with E-state index in [1.807, 2.05) is 30.3 Å². The third-order valence-corrected chi connectivity index (χ3v) is 7.50. The molecule has 4 N–H and O–H groups in total. The van der Waals surface area contributed by atoms with Gasteiger partial charge < -0.3 is 35.4 Å². The van der Waals surface area contributed by atoms with Crippen molar-refractivity contribution in [3.8, 4) is 11.5 Å². The number of para-hydroxylation sites is 2. The van der Waals surface area contributed by atoms with Gasteiger partial charge in [0, 0.05) is 52.7 Å². The van der Waals surface area contributed by atoms with E-state index in [-0.39, 0.29) is 5.56 Å². The van der Waals surface area contributed by atoms with E-state index >= 15 is 0 Å². The van der Waals surface area contributed by atoms with Gasteiger partial charge >= 0.3 is 12.0 Å². The molecule has 0 spiro atoms. The molecule has 0 saturated carbocycles. The minimum atomic E-state index is -1.09. The van der Waals surface area contributed by atoms with E-state index in [1.165, 1.54) is 20.3 Å². The number of methoxy groups -OCH3 is 2. The highest BCUT2D eigenvalue weighted by Gasteiger charge is 2.18. The van der Waals surface area contributed by atoms with Crippen LogP contribution >= 0.6 is 23.2 Å². The second kappa shape index (κ2) is 14.2. The van der Waals surface area contributed by atoms with Crippen molar-refractivity contribution in [3.63, 3.8) is 0 Å². The molecule has 0 fully saturated rings. The van der Waals surface area contributed by atoms with Gasteiger partial charge in [-0.3, -0.25) is 0 Å². The third-order valence-electron chi connectivity index (χ3n) is 7.16. The van der Waals surface area contributed by atoms with Crippen molar-refractivity contribution in [2.75, 3.05) is 59.9 Å². The van der Waals surface area contributed by atoms with Gasteiger partial charge in [0.05, 0.1) is 36.7 Å². The van der Waals surface area contributed by atoms with Gasteiger partial charge in [0.2, 0.25) is 0 Å². The lowest BCUT2D eigenvalue weighted by atomic mass is 10.0. The zero-order chi connectivity index (χ0) is 31.9. The zero-order valence-electron chi connectivity index (χ0n) is 24.6. The fraction of sp³-hybridized carbons (Fsp3) is 0.182. The molecule has 12 heteroatoms. The van der Waals surface area contributed by atoms with Crippen molar-refractivity contribution in [2.24, 2.45) is 0 Å². The normalized spacial score (nSPS) is 10.8. The summed E-state index contributed by atoms with van der Waals surface area (Å²) in [6.45, 7) is 1.32. The number of carbonyl (C=O) groups is 2. The number of carboxylic acids is 1. The number of halogens is 2. The summed E-state index contributed by atoms with van der Waals surface area (Å²) < 4.78 is 11.1. The Hall–Kier alpha value is -4.93. The fourth-order valence-corrected chi connectivity index (χ4v) is 5.48. The summed E-state index contributed by atoms with van der Waals surface area (Å²) in [5.74, 6) is 0.807. The van der Waals surface area contributed by atoms with Crippen LogP contribution in [0.5, 0.6) is 11.5 Å². The van der Waals surface area contributed by atoms with Crippen LogP contribution in [0.2, 0.25) is 0 Å². The van der Waals surface area contributed by atoms with Crippen LogP contribution < -0.4 is 30.3 Å². The van der Waals surface area contributed by atoms with Crippen LogP contribution in [0.15, 0.2) is 78.9 Å². The number of benzene rings is 4. The summed E-state index contributed by atoms with van der Waals surface area (Å²) in [6.07, 6.45) is 0. The number of aromatic carboxylic acids is 1. The van der Waals surface area contributed by atoms with Crippen LogP contribution in [0, 0.1) is 0 Å². The van der Waals surface area contributed by atoms with Crippen LogP contribution in [0.4, 0.5) is 33.2 Å². The first-order valence-electron chi connectivity index (χ1n) is 14.0. The number of alkyl halides is 2. The van der Waals surface area contributed by atoms with E-state index in [1.54, 1.807) is 42.5 Å². The summed E-state index contributed by atoms with van der Waals surface area (Å²) in [5, 5.41) is 20.3. The third kappa shape index (κ3) is 6.92. The maximum Gasteiger partial charge on any atom is 0.337 e. The molecule has 1 heterocycles. The quantitative estimate of drug-likeness (QED) is 0.0799. The van der Waals surface area contributed by atoms with Crippen molar-refractivity contribution < 1.29 is 24.2 Å². The molecule has 0 bridgehead atoms. The number of ether oxygens (including phenoxy) is 2. The van der Waals surface area contributed by atoms with Gasteiger partial charge in [0.1, 0.15) is 17.0 Å². The number of carbonyl (C=O) groups excluding carboxylic acids is 1. The number of hydrogen-bond donors (Lipinski definition) is 4. The largest absolute Gasteiger partial charge is 0.495 e. The first kappa shape index (κ1) is 31.5. The number of urea groups is 1. The van der Waals surface area contributed by atoms with Crippen LogP contribution in [0.1, 0.15) is 10.4 Å². The topological polar surface area (TPSA) is 125 Å². The molecule has 0 aliphatic rings. The fourth-order valence-electron chi connectivity index (χ4n) is 5.08. The van der Waals surface area contributed by atoms with Gasteiger partial charge in [-0.05, 0) is 54.6 Å². The summed E-state index contributed by atoms with van der Waals surface area (Å²) in [4.78, 5) is 31.9. The predicted octanol–water partition coefficient (Wildman–Crippen LogP) is 7.78. The van der Waals surface area contributed by atoms with Crippen molar-refractivity contribution in [1.29, 1.82) is 0 Å². The Labute approximate surface area is 269 Å². The smallest absolute Gasteiger partial charge is 0.337 e. The average Bonchev–Trinajstić information content (AvgIpc) is 3.04. The molecular weight excluding hydrogens is 617 g/mol. The monoisotopic (exact) mass is 647 g/mol. The molecule has 2 amide bonds. The molecule has 0 aliphatic carbocycles. The van der Waals surface area contributed by atoms with Crippen LogP contribution in [-0.2, 0) is 0 Å². The van der Waals surface area contributed by atoms with Gasteiger partial charge in [0.15, 0.2) is 0 Å². The lowest BCUT2D eigenvalue weighted by molar-refractivity contribution is 0.0698. The molecular formula is C33H31Cl2N5O5. The van der Waals surface area contributed by atoms with Crippen LogP contribution in [-0.4, -0.2) is 61.2 Å².